The van der Waals surface area contributed by atoms with Gasteiger partial charge in [0.15, 0.2) is 5.78 Å². The Labute approximate surface area is 101 Å². The third-order valence-electron chi connectivity index (χ3n) is 2.73. The molecule has 17 heavy (non-hydrogen) atoms. The zero-order chi connectivity index (χ0) is 12.5. The molecule has 0 aliphatic rings. The lowest BCUT2D eigenvalue weighted by molar-refractivity contribution is 0.0967. The molecule has 0 spiro atoms. The zero-order valence-corrected chi connectivity index (χ0v) is 10.5. The number of rotatable bonds is 3. The summed E-state index contributed by atoms with van der Waals surface area (Å²) in [6, 6.07) is 0. The molecule has 0 fully saturated rings. The Morgan fingerprint density at radius 3 is 2.82 bits per heavy atom. The minimum Gasteiger partial charge on any atom is -0.294 e. The quantitative estimate of drug-likeness (QED) is 0.763. The van der Waals surface area contributed by atoms with E-state index in [2.05, 4.69) is 30.9 Å². The molecule has 4 heteroatoms. The largest absolute Gasteiger partial charge is 0.294 e. The molecule has 2 rings (SSSR count). The number of carbonyl (C=O) groups excluding carboxylic acids is 1. The van der Waals surface area contributed by atoms with Crippen LogP contribution in [0.5, 0.6) is 0 Å². The van der Waals surface area contributed by atoms with Crippen molar-refractivity contribution in [2.45, 2.75) is 33.6 Å². The van der Waals surface area contributed by atoms with E-state index in [4.69, 9.17) is 0 Å². The van der Waals surface area contributed by atoms with Gasteiger partial charge in [-0.05, 0) is 11.8 Å². The van der Waals surface area contributed by atoms with Crippen molar-refractivity contribution in [1.82, 2.24) is 14.6 Å². The SMILES string of the molecule is CC(C)(C)CCC(=O)c1cnn2ccncc12. The van der Waals surface area contributed by atoms with Gasteiger partial charge in [0, 0.05) is 18.8 Å². The van der Waals surface area contributed by atoms with Crippen LogP contribution in [0.4, 0.5) is 0 Å². The maximum absolute atomic E-state index is 12.1. The summed E-state index contributed by atoms with van der Waals surface area (Å²) < 4.78 is 1.68. The monoisotopic (exact) mass is 231 g/mol. The zero-order valence-electron chi connectivity index (χ0n) is 10.5. The summed E-state index contributed by atoms with van der Waals surface area (Å²) in [7, 11) is 0. The van der Waals surface area contributed by atoms with Crippen LogP contribution in [0.15, 0.2) is 24.8 Å². The van der Waals surface area contributed by atoms with Crippen LogP contribution in [-0.2, 0) is 0 Å². The Bertz CT molecular complexity index is 537. The summed E-state index contributed by atoms with van der Waals surface area (Å²) in [5.41, 5.74) is 1.63. The van der Waals surface area contributed by atoms with E-state index in [-0.39, 0.29) is 11.2 Å². The lowest BCUT2D eigenvalue weighted by atomic mass is 9.89. The normalized spacial score (nSPS) is 11.9. The van der Waals surface area contributed by atoms with Gasteiger partial charge >= 0.3 is 0 Å². The van der Waals surface area contributed by atoms with E-state index in [9.17, 15) is 4.79 Å². The molecule has 0 amide bonds. The number of Topliss-reactive ketones (excluding diaryl/α,β-unsaturated/α-hetero) is 1. The van der Waals surface area contributed by atoms with Crippen molar-refractivity contribution < 1.29 is 4.79 Å². The second-order valence-corrected chi connectivity index (χ2v) is 5.45. The molecule has 0 aromatic carbocycles. The van der Waals surface area contributed by atoms with Gasteiger partial charge in [-0.3, -0.25) is 9.78 Å². The van der Waals surface area contributed by atoms with Gasteiger partial charge in [0.25, 0.3) is 0 Å². The van der Waals surface area contributed by atoms with Crippen LogP contribution in [0, 0.1) is 5.41 Å². The highest BCUT2D eigenvalue weighted by Gasteiger charge is 2.16. The van der Waals surface area contributed by atoms with Crippen LogP contribution >= 0.6 is 0 Å². The van der Waals surface area contributed by atoms with Gasteiger partial charge in [0.2, 0.25) is 0 Å². The van der Waals surface area contributed by atoms with E-state index in [1.165, 1.54) is 0 Å². The average Bonchev–Trinajstić information content (AvgIpc) is 2.68. The molecule has 0 saturated carbocycles. The lowest BCUT2D eigenvalue weighted by Gasteiger charge is -2.16. The predicted octanol–water partition coefficient (Wildman–Crippen LogP) is 2.74. The van der Waals surface area contributed by atoms with Crippen molar-refractivity contribution in [3.05, 3.63) is 30.4 Å². The standard InChI is InChI=1S/C13H17N3O/c1-13(2,3)5-4-12(17)10-8-15-16-7-6-14-9-11(10)16/h6-9H,4-5H2,1-3H3. The summed E-state index contributed by atoms with van der Waals surface area (Å²) in [5.74, 6) is 0.142. The highest BCUT2D eigenvalue weighted by molar-refractivity contribution is 6.01. The number of hydrogen-bond acceptors (Lipinski definition) is 3. The summed E-state index contributed by atoms with van der Waals surface area (Å²) >= 11 is 0. The van der Waals surface area contributed by atoms with Crippen LogP contribution in [-0.4, -0.2) is 20.4 Å². The fourth-order valence-corrected chi connectivity index (χ4v) is 1.67. The second-order valence-electron chi connectivity index (χ2n) is 5.45. The van der Waals surface area contributed by atoms with Crippen LogP contribution in [0.3, 0.4) is 0 Å². The van der Waals surface area contributed by atoms with Gasteiger partial charge in [-0.25, -0.2) is 4.52 Å². The third-order valence-corrected chi connectivity index (χ3v) is 2.73. The van der Waals surface area contributed by atoms with E-state index < -0.39 is 0 Å². The molecule has 0 saturated heterocycles. The van der Waals surface area contributed by atoms with E-state index in [1.54, 1.807) is 29.3 Å². The summed E-state index contributed by atoms with van der Waals surface area (Å²) in [6.07, 6.45) is 8.14. The van der Waals surface area contributed by atoms with E-state index in [0.717, 1.165) is 11.9 Å². The molecule has 0 unspecified atom stereocenters. The van der Waals surface area contributed by atoms with Crippen LogP contribution < -0.4 is 0 Å². The van der Waals surface area contributed by atoms with Gasteiger partial charge in [0.1, 0.15) is 0 Å². The van der Waals surface area contributed by atoms with E-state index in [1.807, 2.05) is 0 Å². The Hall–Kier alpha value is -1.71. The van der Waals surface area contributed by atoms with Gasteiger partial charge < -0.3 is 0 Å². The van der Waals surface area contributed by atoms with Crippen molar-refractivity contribution in [1.29, 1.82) is 0 Å². The first-order chi connectivity index (χ1) is 7.97. The van der Waals surface area contributed by atoms with E-state index >= 15 is 0 Å². The van der Waals surface area contributed by atoms with Crippen LogP contribution in [0.1, 0.15) is 44.0 Å². The molecule has 2 aromatic heterocycles. The molecule has 0 radical (unpaired) electrons. The molecule has 0 N–H and O–H groups in total. The number of nitrogens with zero attached hydrogens (tertiary/aromatic N) is 3. The number of hydrogen-bond donors (Lipinski definition) is 0. The molecular formula is C13H17N3O. The number of ketones is 1. The fourth-order valence-electron chi connectivity index (χ4n) is 1.67. The van der Waals surface area contributed by atoms with Gasteiger partial charge in [-0.1, -0.05) is 20.8 Å². The maximum atomic E-state index is 12.1. The molecule has 4 nitrogen and oxygen atoms in total. The van der Waals surface area contributed by atoms with Crippen molar-refractivity contribution in [2.75, 3.05) is 0 Å². The minimum atomic E-state index is 0.142. The Kier molecular flexibility index (Phi) is 2.96. The molecule has 2 heterocycles. The molecule has 2 aromatic rings. The topological polar surface area (TPSA) is 47.3 Å². The first kappa shape index (κ1) is 11.8. The molecule has 0 bridgehead atoms. The summed E-state index contributed by atoms with van der Waals surface area (Å²) in [4.78, 5) is 16.1. The highest BCUT2D eigenvalue weighted by atomic mass is 16.1. The van der Waals surface area contributed by atoms with Crippen LogP contribution in [0.2, 0.25) is 0 Å². The molecule has 90 valence electrons. The maximum Gasteiger partial charge on any atom is 0.166 e. The third kappa shape index (κ3) is 2.70. The number of fused-ring (bicyclic) bond motifs is 1. The molecule has 0 atom stereocenters. The lowest BCUT2D eigenvalue weighted by Crippen LogP contribution is -2.09. The van der Waals surface area contributed by atoms with Crippen molar-refractivity contribution in [3.63, 3.8) is 0 Å². The van der Waals surface area contributed by atoms with Crippen molar-refractivity contribution in [2.24, 2.45) is 5.41 Å². The van der Waals surface area contributed by atoms with E-state index in [0.29, 0.717) is 12.0 Å². The molecular weight excluding hydrogens is 214 g/mol. The molecule has 0 aliphatic carbocycles. The first-order valence-corrected chi connectivity index (χ1v) is 5.78. The summed E-state index contributed by atoms with van der Waals surface area (Å²) in [5, 5.41) is 4.14. The minimum absolute atomic E-state index is 0.142. The van der Waals surface area contributed by atoms with Gasteiger partial charge in [0.05, 0.1) is 23.5 Å². The Balaban J connectivity index is 2.20. The van der Waals surface area contributed by atoms with Gasteiger partial charge in [-0.15, -0.1) is 0 Å². The number of carbonyl (C=O) groups is 1. The first-order valence-electron chi connectivity index (χ1n) is 5.78. The second kappa shape index (κ2) is 4.28. The Morgan fingerprint density at radius 2 is 2.12 bits per heavy atom. The smallest absolute Gasteiger partial charge is 0.166 e. The highest BCUT2D eigenvalue weighted by Crippen LogP contribution is 2.22. The average molecular weight is 231 g/mol. The van der Waals surface area contributed by atoms with Crippen molar-refractivity contribution >= 4 is 11.3 Å². The number of aromatic nitrogens is 3. The summed E-state index contributed by atoms with van der Waals surface area (Å²) in [6.45, 7) is 6.41. The van der Waals surface area contributed by atoms with Crippen molar-refractivity contribution in [3.8, 4) is 0 Å². The fraction of sp³-hybridized carbons (Fsp3) is 0.462. The molecule has 0 aliphatic heterocycles. The predicted molar refractivity (Wildman–Crippen MR) is 66.0 cm³/mol. The Morgan fingerprint density at radius 1 is 1.35 bits per heavy atom. The van der Waals surface area contributed by atoms with Gasteiger partial charge in [-0.2, -0.15) is 5.10 Å². The van der Waals surface area contributed by atoms with Crippen LogP contribution in [0.25, 0.3) is 5.52 Å².